The van der Waals surface area contributed by atoms with Crippen LogP contribution < -0.4 is 0 Å². The summed E-state index contributed by atoms with van der Waals surface area (Å²) in [5, 5.41) is -0.603. The van der Waals surface area contributed by atoms with Crippen LogP contribution in [0.5, 0.6) is 0 Å². The Morgan fingerprint density at radius 2 is 1.07 bits per heavy atom. The number of alkyl halides is 15. The number of nitrogens with zero attached hydrogens (tertiary/aromatic N) is 1. The summed E-state index contributed by atoms with van der Waals surface area (Å²) in [7, 11) is 0. The molecule has 0 N–H and O–H groups in total. The van der Waals surface area contributed by atoms with Crippen molar-refractivity contribution in [2.45, 2.75) is 61.6 Å². The van der Waals surface area contributed by atoms with Gasteiger partial charge in [0.1, 0.15) is 0 Å². The van der Waals surface area contributed by atoms with Gasteiger partial charge in [-0.1, -0.05) is 55.5 Å². The normalized spacial score (nSPS) is 14.5. The number of aryl methyl sites for hydroxylation is 1. The number of carbonyl (C=O) groups excluding carboxylic acids is 1. The molecule has 0 bridgehead atoms. The quantitative estimate of drug-likeness (QED) is 0.162. The topological polar surface area (TPSA) is 22.0 Å². The van der Waals surface area contributed by atoms with Gasteiger partial charge in [0.05, 0.1) is 11.3 Å². The van der Waals surface area contributed by atoms with E-state index >= 15 is 8.78 Å². The van der Waals surface area contributed by atoms with Crippen molar-refractivity contribution in [1.29, 1.82) is 0 Å². The predicted octanol–water partition coefficient (Wildman–Crippen LogP) is 9.28. The lowest BCUT2D eigenvalue weighted by Gasteiger charge is -2.41. The molecule has 1 heterocycles. The van der Waals surface area contributed by atoms with Gasteiger partial charge in [0.15, 0.2) is 0 Å². The lowest BCUT2D eigenvalue weighted by atomic mass is 9.87. The number of Topliss-reactive ketones (excluding diaryl/α,β-unsaturated/α-hetero) is 1. The molecule has 0 unspecified atom stereocenters. The second-order valence-electron chi connectivity index (χ2n) is 9.03. The Balaban J connectivity index is 2.30. The molecule has 0 radical (unpaired) electrons. The smallest absolute Gasteiger partial charge is 0.340 e. The van der Waals surface area contributed by atoms with Crippen LogP contribution in [0.3, 0.4) is 0 Å². The van der Waals surface area contributed by atoms with E-state index in [4.69, 9.17) is 0 Å². The first-order valence-corrected chi connectivity index (χ1v) is 11.5. The lowest BCUT2D eigenvalue weighted by molar-refractivity contribution is -0.449. The van der Waals surface area contributed by atoms with Gasteiger partial charge < -0.3 is 4.57 Å². The maximum absolute atomic E-state index is 15.1. The van der Waals surface area contributed by atoms with Gasteiger partial charge in [-0.3, -0.25) is 4.79 Å². The Morgan fingerprint density at radius 3 is 1.57 bits per heavy atom. The van der Waals surface area contributed by atoms with Gasteiger partial charge in [0, 0.05) is 17.4 Å². The number of hydrogen-bond acceptors (Lipinski definition) is 1. The van der Waals surface area contributed by atoms with Crippen LogP contribution in [0.1, 0.15) is 23.7 Å². The van der Waals surface area contributed by atoms with Gasteiger partial charge in [-0.15, -0.1) is 0 Å². The van der Waals surface area contributed by atoms with Crippen LogP contribution >= 0.6 is 0 Å². The van der Waals surface area contributed by atoms with Crippen LogP contribution in [-0.2, 0) is 6.54 Å². The highest BCUT2D eigenvalue weighted by molar-refractivity contribution is 6.16. The number of hydrogen-bond donors (Lipinski definition) is 0. The van der Waals surface area contributed by atoms with Crippen molar-refractivity contribution in [2.75, 3.05) is 0 Å². The van der Waals surface area contributed by atoms with Crippen LogP contribution in [0, 0.1) is 0 Å². The molecular weight excluding hydrogens is 615 g/mol. The second-order valence-corrected chi connectivity index (χ2v) is 9.03. The summed E-state index contributed by atoms with van der Waals surface area (Å²) in [5.41, 5.74) is -2.34. The summed E-state index contributed by atoms with van der Waals surface area (Å²) in [5.74, 6) is -51.7. The van der Waals surface area contributed by atoms with Crippen LogP contribution in [-0.4, -0.2) is 52.1 Å². The van der Waals surface area contributed by atoms with E-state index in [0.29, 0.717) is 0 Å². The molecule has 1 aromatic heterocycles. The number of halogens is 15. The summed E-state index contributed by atoms with van der Waals surface area (Å²) < 4.78 is 208. The van der Waals surface area contributed by atoms with Gasteiger partial charge >= 0.3 is 41.7 Å². The predicted molar refractivity (Wildman–Crippen MR) is 118 cm³/mol. The van der Waals surface area contributed by atoms with E-state index in [2.05, 4.69) is 0 Å². The van der Waals surface area contributed by atoms with Crippen molar-refractivity contribution in [3.05, 3.63) is 60.2 Å². The lowest BCUT2D eigenvalue weighted by Crippen LogP contribution is -2.73. The minimum absolute atomic E-state index is 0.117. The fraction of sp³-hybridized carbons (Fsp3) is 0.400. The molecule has 0 aliphatic heterocycles. The third-order valence-corrected chi connectivity index (χ3v) is 6.31. The molecule has 3 aromatic rings. The van der Waals surface area contributed by atoms with Gasteiger partial charge in [-0.2, -0.15) is 65.9 Å². The van der Waals surface area contributed by atoms with Crippen molar-refractivity contribution in [2.24, 2.45) is 0 Å². The highest BCUT2D eigenvalue weighted by atomic mass is 19.4. The third-order valence-electron chi connectivity index (χ3n) is 6.31. The largest absolute Gasteiger partial charge is 0.460 e. The van der Waals surface area contributed by atoms with Crippen molar-refractivity contribution in [3.8, 4) is 11.3 Å². The summed E-state index contributed by atoms with van der Waals surface area (Å²) in [6.45, 7) is 1.43. The zero-order valence-electron chi connectivity index (χ0n) is 20.6. The van der Waals surface area contributed by atoms with E-state index in [1.165, 1.54) is 30.3 Å². The highest BCUT2D eigenvalue weighted by Crippen LogP contribution is 2.62. The van der Waals surface area contributed by atoms with Crippen LogP contribution in [0.25, 0.3) is 22.2 Å². The Hall–Kier alpha value is -3.40. The number of benzene rings is 2. The molecule has 0 saturated carbocycles. The molecule has 17 heteroatoms. The van der Waals surface area contributed by atoms with E-state index in [1.807, 2.05) is 0 Å². The molecule has 0 aliphatic rings. The van der Waals surface area contributed by atoms with Gasteiger partial charge in [-0.05, 0) is 18.1 Å². The maximum Gasteiger partial charge on any atom is 0.460 e. The molecule has 0 amide bonds. The summed E-state index contributed by atoms with van der Waals surface area (Å²) >= 11 is 0. The van der Waals surface area contributed by atoms with Gasteiger partial charge in [0.2, 0.25) is 5.78 Å². The van der Waals surface area contributed by atoms with Gasteiger partial charge in [-0.25, -0.2) is 0 Å². The number of carbonyl (C=O) groups is 1. The molecule has 2 nitrogen and oxygen atoms in total. The third kappa shape index (κ3) is 4.41. The monoisotopic (exact) mass is 631 g/mol. The maximum atomic E-state index is 15.1. The van der Waals surface area contributed by atoms with Crippen molar-refractivity contribution in [3.63, 3.8) is 0 Å². The summed E-state index contributed by atoms with van der Waals surface area (Å²) in [6, 6.07) is 10.7. The Labute approximate surface area is 225 Å². The molecule has 0 atom stereocenters. The van der Waals surface area contributed by atoms with Crippen molar-refractivity contribution in [1.82, 2.24) is 4.57 Å². The van der Waals surface area contributed by atoms with E-state index in [9.17, 15) is 61.9 Å². The SMILES string of the molecule is CCCn1c(-c2ccccc2)c(C(=O)C(F)(F)C(F)(F)C(F)(F)C(F)(F)C(F)(F)C(F)(F)C(F)(F)F)c2ccccc21. The minimum Gasteiger partial charge on any atom is -0.340 e. The first-order valence-electron chi connectivity index (χ1n) is 11.5. The minimum atomic E-state index is -8.48. The van der Waals surface area contributed by atoms with Crippen molar-refractivity contribution < 1.29 is 70.7 Å². The molecule has 42 heavy (non-hydrogen) atoms. The van der Waals surface area contributed by atoms with Crippen LogP contribution in [0.15, 0.2) is 54.6 Å². The van der Waals surface area contributed by atoms with Gasteiger partial charge in [0.25, 0.3) is 0 Å². The first-order chi connectivity index (χ1) is 18.9. The molecule has 232 valence electrons. The standard InChI is InChI=1S/C25H16F15NO/c1-2-12-41-15-11-7-6-10-14(15)16(17(41)13-8-4-3-5-9-13)18(42)19(26,27)20(28,29)21(30,31)22(32,33)23(34,35)24(36,37)25(38,39)40/h3-11H,2,12H2,1H3. The van der Waals surface area contributed by atoms with E-state index < -0.39 is 64.1 Å². The molecular formula is C25H16F15NO. The number of aromatic nitrogens is 1. The number of para-hydroxylation sites is 1. The zero-order valence-corrected chi connectivity index (χ0v) is 20.6. The molecule has 0 fully saturated rings. The fourth-order valence-corrected chi connectivity index (χ4v) is 4.15. The average Bonchev–Trinajstić information content (AvgIpc) is 3.21. The average molecular weight is 631 g/mol. The molecule has 2 aromatic carbocycles. The van der Waals surface area contributed by atoms with E-state index in [1.54, 1.807) is 6.92 Å². The fourth-order valence-electron chi connectivity index (χ4n) is 4.15. The number of ketones is 1. The van der Waals surface area contributed by atoms with E-state index in [-0.39, 0.29) is 24.0 Å². The summed E-state index contributed by atoms with van der Waals surface area (Å²) in [4.78, 5) is 13.0. The molecule has 3 rings (SSSR count). The Kier molecular flexibility index (Phi) is 7.97. The molecule has 0 saturated heterocycles. The van der Waals surface area contributed by atoms with Crippen LogP contribution in [0.4, 0.5) is 65.9 Å². The number of fused-ring (bicyclic) bond motifs is 1. The highest BCUT2D eigenvalue weighted by Gasteiger charge is 2.94. The first kappa shape index (κ1) is 33.1. The molecule has 0 spiro atoms. The molecule has 0 aliphatic carbocycles. The number of rotatable bonds is 10. The van der Waals surface area contributed by atoms with Crippen LogP contribution in [0.2, 0.25) is 0 Å². The Morgan fingerprint density at radius 1 is 0.619 bits per heavy atom. The zero-order chi connectivity index (χ0) is 32.3. The second kappa shape index (κ2) is 10.1. The van der Waals surface area contributed by atoms with Crippen molar-refractivity contribution >= 4 is 16.7 Å². The Bertz CT molecular complexity index is 1460. The van der Waals surface area contributed by atoms with E-state index in [0.717, 1.165) is 28.8 Å². The summed E-state index contributed by atoms with van der Waals surface area (Å²) in [6.07, 6.45) is -7.51.